The van der Waals surface area contributed by atoms with Crippen molar-refractivity contribution in [2.75, 3.05) is 26.2 Å². The molecule has 1 aliphatic heterocycles. The van der Waals surface area contributed by atoms with E-state index in [1.807, 2.05) is 42.5 Å². The molecule has 4 aromatic carbocycles. The fraction of sp³-hybridized carbons (Fsp3) is 0.359. The molecule has 1 fully saturated rings. The third-order valence-corrected chi connectivity index (χ3v) is 8.51. The fourth-order valence-corrected chi connectivity index (χ4v) is 6.24. The third kappa shape index (κ3) is 9.58. The lowest BCUT2D eigenvalue weighted by molar-refractivity contribution is -0.136. The number of hydrogen-bond donors (Lipinski definition) is 3. The second-order valence-corrected chi connectivity index (χ2v) is 13.2. The van der Waals surface area contributed by atoms with E-state index in [2.05, 4.69) is 70.2 Å². The van der Waals surface area contributed by atoms with E-state index in [1.165, 1.54) is 0 Å². The minimum absolute atomic E-state index is 0. The Hall–Kier alpha value is -4.40. The first-order chi connectivity index (χ1) is 22.6. The van der Waals surface area contributed by atoms with E-state index in [-0.39, 0.29) is 49.4 Å². The molecule has 1 saturated heterocycles. The summed E-state index contributed by atoms with van der Waals surface area (Å²) in [6.45, 7) is 9.78. The van der Waals surface area contributed by atoms with Gasteiger partial charge in [0.05, 0.1) is 12.5 Å². The van der Waals surface area contributed by atoms with Gasteiger partial charge in [0.25, 0.3) is 5.91 Å². The highest BCUT2D eigenvalue weighted by Gasteiger charge is 2.30. The molecule has 48 heavy (non-hydrogen) atoms. The predicted octanol–water partition coefficient (Wildman–Crippen LogP) is 7.07. The zero-order valence-electron chi connectivity index (χ0n) is 28.3. The molecule has 1 atom stereocenters. The SMILES string of the molecule is CC(c1cccc(-c2ccccc2C(=O)NCCNC(=O)OC(C)(C)C)c1)N(C(=O)Cc1ccc2ccccc2c1)C1CCNCC1.Cl. The predicted molar refractivity (Wildman–Crippen MR) is 195 cm³/mol. The summed E-state index contributed by atoms with van der Waals surface area (Å²) in [4.78, 5) is 41.4. The highest BCUT2D eigenvalue weighted by molar-refractivity contribution is 6.01. The first kappa shape index (κ1) is 36.4. The highest BCUT2D eigenvalue weighted by atomic mass is 35.5. The highest BCUT2D eigenvalue weighted by Crippen LogP contribution is 2.32. The van der Waals surface area contributed by atoms with Crippen LogP contribution in [0.15, 0.2) is 91.0 Å². The lowest BCUT2D eigenvalue weighted by Crippen LogP contribution is -2.47. The first-order valence-electron chi connectivity index (χ1n) is 16.5. The Morgan fingerprint density at radius 1 is 0.854 bits per heavy atom. The van der Waals surface area contributed by atoms with Gasteiger partial charge in [-0.05, 0) is 98.8 Å². The van der Waals surface area contributed by atoms with Crippen molar-refractivity contribution in [2.24, 2.45) is 0 Å². The van der Waals surface area contributed by atoms with Gasteiger partial charge in [-0.3, -0.25) is 9.59 Å². The molecule has 0 bridgehead atoms. The van der Waals surface area contributed by atoms with Crippen molar-refractivity contribution < 1.29 is 19.1 Å². The van der Waals surface area contributed by atoms with E-state index in [1.54, 1.807) is 26.8 Å². The zero-order valence-corrected chi connectivity index (χ0v) is 29.1. The van der Waals surface area contributed by atoms with Gasteiger partial charge < -0.3 is 25.6 Å². The lowest BCUT2D eigenvalue weighted by atomic mass is 9.93. The molecular weight excluding hydrogens is 624 g/mol. The Bertz CT molecular complexity index is 1710. The second kappa shape index (κ2) is 16.6. The smallest absolute Gasteiger partial charge is 0.407 e. The number of nitrogens with zero attached hydrogens (tertiary/aromatic N) is 1. The summed E-state index contributed by atoms with van der Waals surface area (Å²) in [5.74, 6) is -0.114. The van der Waals surface area contributed by atoms with E-state index in [4.69, 9.17) is 4.74 Å². The van der Waals surface area contributed by atoms with Crippen LogP contribution in [0.4, 0.5) is 4.79 Å². The number of rotatable bonds is 10. The van der Waals surface area contributed by atoms with Crippen molar-refractivity contribution in [2.45, 2.75) is 64.6 Å². The fourth-order valence-electron chi connectivity index (χ4n) is 6.24. The van der Waals surface area contributed by atoms with Crippen molar-refractivity contribution in [3.8, 4) is 11.1 Å². The summed E-state index contributed by atoms with van der Waals surface area (Å²) < 4.78 is 5.26. The molecule has 0 spiro atoms. The van der Waals surface area contributed by atoms with Crippen LogP contribution >= 0.6 is 12.4 Å². The molecule has 4 aromatic rings. The van der Waals surface area contributed by atoms with Gasteiger partial charge >= 0.3 is 6.09 Å². The van der Waals surface area contributed by atoms with E-state index in [9.17, 15) is 14.4 Å². The molecule has 0 aromatic heterocycles. The molecule has 1 aliphatic rings. The number of nitrogens with one attached hydrogen (secondary N) is 3. The quantitative estimate of drug-likeness (QED) is 0.157. The minimum atomic E-state index is -0.590. The average molecular weight is 671 g/mol. The molecule has 3 amide bonds. The molecule has 1 unspecified atom stereocenters. The number of piperidine rings is 1. The van der Waals surface area contributed by atoms with Crippen molar-refractivity contribution in [1.82, 2.24) is 20.9 Å². The molecule has 0 radical (unpaired) electrons. The van der Waals surface area contributed by atoms with Crippen molar-refractivity contribution in [1.29, 1.82) is 0 Å². The number of ether oxygens (including phenoxy) is 1. The Morgan fingerprint density at radius 2 is 1.54 bits per heavy atom. The number of halogens is 1. The molecule has 3 N–H and O–H groups in total. The Morgan fingerprint density at radius 3 is 2.29 bits per heavy atom. The van der Waals surface area contributed by atoms with Gasteiger partial charge in [0.2, 0.25) is 5.91 Å². The monoisotopic (exact) mass is 670 g/mol. The van der Waals surface area contributed by atoms with Crippen molar-refractivity contribution >= 4 is 41.1 Å². The lowest BCUT2D eigenvalue weighted by Gasteiger charge is -2.39. The summed E-state index contributed by atoms with van der Waals surface area (Å²) in [5.41, 5.74) is 3.68. The number of carbonyl (C=O) groups is 3. The van der Waals surface area contributed by atoms with E-state index in [0.717, 1.165) is 59.0 Å². The normalized spacial score (nSPS) is 14.0. The number of carbonyl (C=O) groups excluding carboxylic acids is 3. The molecule has 5 rings (SSSR count). The third-order valence-electron chi connectivity index (χ3n) is 8.51. The van der Waals surface area contributed by atoms with Gasteiger partial charge in [-0.25, -0.2) is 4.79 Å². The van der Waals surface area contributed by atoms with Gasteiger partial charge in [0.1, 0.15) is 5.60 Å². The van der Waals surface area contributed by atoms with Crippen LogP contribution in [0.2, 0.25) is 0 Å². The summed E-state index contributed by atoms with van der Waals surface area (Å²) in [6.07, 6.45) is 1.62. The average Bonchev–Trinajstić information content (AvgIpc) is 3.06. The standard InChI is InChI=1S/C39H46N4O4.ClH/c1-27(43(33-18-20-40-21-19-33)36(44)25-28-16-17-29-10-5-6-11-31(29)24-28)30-12-9-13-32(26-30)34-14-7-8-15-35(34)37(45)41-22-23-42-38(46)47-39(2,3)4;/h5-17,24,26-27,33,40H,18-23,25H2,1-4H3,(H,41,45)(H,42,46);1H. The molecule has 254 valence electrons. The molecular formula is C39H47ClN4O4. The maximum atomic E-state index is 14.1. The minimum Gasteiger partial charge on any atom is -0.444 e. The van der Waals surface area contributed by atoms with Crippen LogP contribution in [0.25, 0.3) is 21.9 Å². The number of fused-ring (bicyclic) bond motifs is 1. The van der Waals surface area contributed by atoms with Gasteiger partial charge in [-0.15, -0.1) is 12.4 Å². The van der Waals surface area contributed by atoms with Crippen LogP contribution in [0.5, 0.6) is 0 Å². The van der Waals surface area contributed by atoms with E-state index < -0.39 is 11.7 Å². The number of benzene rings is 4. The van der Waals surface area contributed by atoms with Gasteiger partial charge in [-0.2, -0.15) is 0 Å². The van der Waals surface area contributed by atoms with Crippen LogP contribution < -0.4 is 16.0 Å². The summed E-state index contributed by atoms with van der Waals surface area (Å²) in [5, 5.41) is 11.3. The summed E-state index contributed by atoms with van der Waals surface area (Å²) >= 11 is 0. The maximum absolute atomic E-state index is 14.1. The van der Waals surface area contributed by atoms with Crippen LogP contribution in [0.1, 0.15) is 68.1 Å². The number of alkyl carbamates (subject to hydrolysis) is 1. The Balaban J connectivity index is 0.00000520. The second-order valence-electron chi connectivity index (χ2n) is 13.2. The molecule has 9 heteroatoms. The van der Waals surface area contributed by atoms with Crippen LogP contribution in [0.3, 0.4) is 0 Å². The number of amides is 3. The Labute approximate surface area is 290 Å². The van der Waals surface area contributed by atoms with E-state index in [0.29, 0.717) is 12.0 Å². The summed E-state index contributed by atoms with van der Waals surface area (Å²) in [7, 11) is 0. The summed E-state index contributed by atoms with van der Waals surface area (Å²) in [6, 6.07) is 30.1. The van der Waals surface area contributed by atoms with Crippen molar-refractivity contribution in [3.05, 3.63) is 108 Å². The van der Waals surface area contributed by atoms with Gasteiger partial charge in [0, 0.05) is 24.7 Å². The molecule has 0 saturated carbocycles. The number of hydrogen-bond acceptors (Lipinski definition) is 5. The van der Waals surface area contributed by atoms with Crippen molar-refractivity contribution in [3.63, 3.8) is 0 Å². The van der Waals surface area contributed by atoms with E-state index >= 15 is 0 Å². The topological polar surface area (TPSA) is 99.8 Å². The van der Waals surface area contributed by atoms with Crippen LogP contribution in [-0.2, 0) is 16.0 Å². The zero-order chi connectivity index (χ0) is 33.4. The Kier molecular flexibility index (Phi) is 12.6. The van der Waals surface area contributed by atoms with Crippen LogP contribution in [-0.4, -0.2) is 60.6 Å². The first-order valence-corrected chi connectivity index (χ1v) is 16.5. The van der Waals surface area contributed by atoms with Crippen LogP contribution in [0, 0.1) is 0 Å². The van der Waals surface area contributed by atoms with Gasteiger partial charge in [0.15, 0.2) is 0 Å². The largest absolute Gasteiger partial charge is 0.444 e. The molecule has 8 nitrogen and oxygen atoms in total. The maximum Gasteiger partial charge on any atom is 0.407 e. The molecule has 0 aliphatic carbocycles. The van der Waals surface area contributed by atoms with Gasteiger partial charge in [-0.1, -0.05) is 78.9 Å². The molecule has 1 heterocycles.